The van der Waals surface area contributed by atoms with Crippen LogP contribution < -0.4 is 0 Å². The van der Waals surface area contributed by atoms with Crippen molar-refractivity contribution >= 4 is 17.7 Å². The molecule has 0 saturated heterocycles. The minimum absolute atomic E-state index is 0.00574. The lowest BCUT2D eigenvalue weighted by atomic mass is 9.40. The fourth-order valence-electron chi connectivity index (χ4n) is 8.85. The van der Waals surface area contributed by atoms with E-state index < -0.39 is 17.4 Å². The van der Waals surface area contributed by atoms with E-state index in [2.05, 4.69) is 6.92 Å². The van der Waals surface area contributed by atoms with E-state index in [1.54, 1.807) is 0 Å². The molecule has 5 nitrogen and oxygen atoms in total. The highest BCUT2D eigenvalue weighted by Crippen LogP contribution is 2.72. The Morgan fingerprint density at radius 2 is 1.77 bits per heavy atom. The molecule has 0 aromatic heterocycles. The van der Waals surface area contributed by atoms with Crippen LogP contribution in [0.1, 0.15) is 91.9 Å². The molecule has 174 valence electrons. The van der Waals surface area contributed by atoms with E-state index in [1.807, 2.05) is 13.8 Å². The monoisotopic (exact) mass is 432 g/mol. The highest BCUT2D eigenvalue weighted by molar-refractivity contribution is 5.80. The minimum atomic E-state index is -0.956. The average molecular weight is 433 g/mol. The predicted octanol–water partition coefficient (Wildman–Crippen LogP) is 5.26. The van der Waals surface area contributed by atoms with Gasteiger partial charge in [0.25, 0.3) is 0 Å². The van der Waals surface area contributed by atoms with Crippen molar-refractivity contribution in [3.8, 4) is 0 Å². The van der Waals surface area contributed by atoms with Crippen molar-refractivity contribution in [1.29, 1.82) is 0 Å². The Kier molecular flexibility index (Phi) is 5.79. The summed E-state index contributed by atoms with van der Waals surface area (Å²) in [6, 6.07) is 0. The van der Waals surface area contributed by atoms with Gasteiger partial charge < -0.3 is 9.84 Å². The lowest BCUT2D eigenvalue weighted by Gasteiger charge is -2.63. The zero-order chi connectivity index (χ0) is 22.6. The molecule has 0 aromatic rings. The minimum Gasteiger partial charge on any atom is -0.481 e. The summed E-state index contributed by atoms with van der Waals surface area (Å²) in [5.74, 6) is 1.06. The van der Waals surface area contributed by atoms with Crippen LogP contribution in [0, 0.1) is 45.8 Å². The van der Waals surface area contributed by atoms with Crippen LogP contribution in [0.4, 0.5) is 0 Å². The fourth-order valence-corrected chi connectivity index (χ4v) is 8.85. The maximum absolute atomic E-state index is 12.6. The van der Waals surface area contributed by atoms with Gasteiger partial charge in [-0.15, -0.1) is 0 Å². The summed E-state index contributed by atoms with van der Waals surface area (Å²) in [4.78, 5) is 36.7. The number of carbonyl (C=O) groups excluding carboxylic acids is 2. The molecule has 7 atom stereocenters. The van der Waals surface area contributed by atoms with Gasteiger partial charge >= 0.3 is 11.9 Å². The molecule has 1 N–H and O–H groups in total. The number of ether oxygens (including phenoxy) is 1. The maximum atomic E-state index is 12.6. The molecule has 31 heavy (non-hydrogen) atoms. The highest BCUT2D eigenvalue weighted by atomic mass is 16.5. The van der Waals surface area contributed by atoms with E-state index in [4.69, 9.17) is 4.74 Å². The Balaban J connectivity index is 1.62. The molecule has 4 aliphatic rings. The van der Waals surface area contributed by atoms with Crippen molar-refractivity contribution in [3.63, 3.8) is 0 Å². The molecular weight excluding hydrogens is 392 g/mol. The van der Waals surface area contributed by atoms with Crippen LogP contribution in [0.5, 0.6) is 0 Å². The predicted molar refractivity (Wildman–Crippen MR) is 117 cm³/mol. The van der Waals surface area contributed by atoms with E-state index in [0.717, 1.165) is 44.9 Å². The van der Waals surface area contributed by atoms with E-state index in [9.17, 15) is 19.5 Å². The van der Waals surface area contributed by atoms with E-state index in [1.165, 1.54) is 19.8 Å². The van der Waals surface area contributed by atoms with Crippen molar-refractivity contribution < 1.29 is 24.2 Å². The number of Topliss-reactive ketones (excluding diaryl/α,β-unsaturated/α-hetero) is 1. The molecule has 0 aromatic carbocycles. The van der Waals surface area contributed by atoms with Crippen molar-refractivity contribution in [3.05, 3.63) is 0 Å². The topological polar surface area (TPSA) is 80.7 Å². The number of rotatable bonds is 6. The first kappa shape index (κ1) is 22.8. The standard InChI is InChI=1S/C26H40O5/c1-16(2)20(28)12-19-14-25-11-8-22-24(4,21(25)7-6-18(19)13-25)9-5-10-26(22,23(29)30)15-31-17(3)27/h16,18-19,21-22H,5-15H2,1-4H3,(H,29,30)/t18-,19+,21-,22-,24-,25-,26-/m0/s1. The number of fused-ring (bicyclic) bond motifs is 3. The Hall–Kier alpha value is -1.39. The second-order valence-electron chi connectivity index (χ2n) is 11.9. The first-order valence-electron chi connectivity index (χ1n) is 12.4. The number of hydrogen-bond donors (Lipinski definition) is 1. The quantitative estimate of drug-likeness (QED) is 0.579. The number of carboxylic acids is 1. The molecule has 0 unspecified atom stereocenters. The smallest absolute Gasteiger partial charge is 0.313 e. The van der Waals surface area contributed by atoms with Crippen LogP contribution in [-0.2, 0) is 19.1 Å². The van der Waals surface area contributed by atoms with Crippen molar-refractivity contribution in [2.45, 2.75) is 91.9 Å². The van der Waals surface area contributed by atoms with Gasteiger partial charge in [0.2, 0.25) is 0 Å². The maximum Gasteiger partial charge on any atom is 0.313 e. The highest BCUT2D eigenvalue weighted by Gasteiger charge is 2.67. The summed E-state index contributed by atoms with van der Waals surface area (Å²) in [7, 11) is 0. The third-order valence-electron chi connectivity index (χ3n) is 10.2. The van der Waals surface area contributed by atoms with Gasteiger partial charge in [-0.25, -0.2) is 0 Å². The molecule has 4 rings (SSSR count). The molecule has 4 saturated carbocycles. The number of esters is 1. The fraction of sp³-hybridized carbons (Fsp3) is 0.885. The molecular formula is C26H40O5. The second-order valence-corrected chi connectivity index (χ2v) is 11.9. The largest absolute Gasteiger partial charge is 0.481 e. The summed E-state index contributed by atoms with van der Waals surface area (Å²) in [5, 5.41) is 10.3. The van der Waals surface area contributed by atoms with Crippen molar-refractivity contribution in [2.75, 3.05) is 6.61 Å². The first-order chi connectivity index (χ1) is 14.5. The van der Waals surface area contributed by atoms with Crippen LogP contribution >= 0.6 is 0 Å². The molecule has 0 radical (unpaired) electrons. The third-order valence-corrected chi connectivity index (χ3v) is 10.2. The number of carboxylic acid groups (broad SMARTS) is 1. The summed E-state index contributed by atoms with van der Waals surface area (Å²) in [5.41, 5.74) is -0.710. The Morgan fingerprint density at radius 3 is 2.42 bits per heavy atom. The lowest BCUT2D eigenvalue weighted by molar-refractivity contribution is -0.195. The van der Waals surface area contributed by atoms with Gasteiger partial charge in [0.05, 0.1) is 0 Å². The first-order valence-corrected chi connectivity index (χ1v) is 12.4. The van der Waals surface area contributed by atoms with Crippen molar-refractivity contribution in [2.24, 2.45) is 45.8 Å². The van der Waals surface area contributed by atoms with Gasteiger partial charge in [0.15, 0.2) is 0 Å². The Bertz CT molecular complexity index is 759. The molecule has 4 fully saturated rings. The number of carbonyl (C=O) groups is 3. The molecule has 5 heteroatoms. The molecule has 0 amide bonds. The van der Waals surface area contributed by atoms with E-state index in [-0.39, 0.29) is 29.3 Å². The molecule has 0 heterocycles. The van der Waals surface area contributed by atoms with Gasteiger partial charge in [-0.1, -0.05) is 27.2 Å². The van der Waals surface area contributed by atoms with Gasteiger partial charge in [0, 0.05) is 19.3 Å². The summed E-state index contributed by atoms with van der Waals surface area (Å²) in [6.07, 6.45) is 9.95. The van der Waals surface area contributed by atoms with Crippen LogP contribution in [0.25, 0.3) is 0 Å². The van der Waals surface area contributed by atoms with Crippen LogP contribution in [0.15, 0.2) is 0 Å². The Labute approximate surface area is 186 Å². The van der Waals surface area contributed by atoms with Crippen molar-refractivity contribution in [1.82, 2.24) is 0 Å². The third kappa shape index (κ3) is 3.54. The summed E-state index contributed by atoms with van der Waals surface area (Å²) in [6.45, 7) is 7.74. The van der Waals surface area contributed by atoms with Gasteiger partial charge in [-0.05, 0) is 85.9 Å². The van der Waals surface area contributed by atoms with Gasteiger partial charge in [-0.2, -0.15) is 0 Å². The number of ketones is 1. The average Bonchev–Trinajstić information content (AvgIpc) is 2.94. The van der Waals surface area contributed by atoms with Crippen LogP contribution in [0.3, 0.4) is 0 Å². The van der Waals surface area contributed by atoms with E-state index >= 15 is 0 Å². The zero-order valence-corrected chi connectivity index (χ0v) is 19.7. The Morgan fingerprint density at radius 1 is 1.03 bits per heavy atom. The summed E-state index contributed by atoms with van der Waals surface area (Å²) >= 11 is 0. The van der Waals surface area contributed by atoms with Crippen LogP contribution in [0.2, 0.25) is 0 Å². The molecule has 2 bridgehead atoms. The van der Waals surface area contributed by atoms with Gasteiger partial charge in [-0.3, -0.25) is 14.4 Å². The number of aliphatic carboxylic acids is 1. The lowest BCUT2D eigenvalue weighted by Crippen LogP contribution is -2.60. The molecule has 0 aliphatic heterocycles. The normalized spacial score (nSPS) is 43.8. The number of hydrogen-bond acceptors (Lipinski definition) is 4. The molecule has 4 aliphatic carbocycles. The molecule has 1 spiro atoms. The second kappa shape index (κ2) is 7.88. The van der Waals surface area contributed by atoms with Gasteiger partial charge in [0.1, 0.15) is 17.8 Å². The van der Waals surface area contributed by atoms with Crippen LogP contribution in [-0.4, -0.2) is 29.4 Å². The van der Waals surface area contributed by atoms with E-state index in [0.29, 0.717) is 30.0 Å². The zero-order valence-electron chi connectivity index (χ0n) is 19.7. The summed E-state index contributed by atoms with van der Waals surface area (Å²) < 4.78 is 5.36. The SMILES string of the molecule is CC(=O)OC[C@@]1(C(=O)O)CCC[C@@]2(C)[C@@H]3CC[C@H]4C[C@@]3(CC[C@H]12)C[C@H]4CC(=O)C(C)C.